The van der Waals surface area contributed by atoms with Crippen molar-refractivity contribution in [1.29, 1.82) is 0 Å². The van der Waals surface area contributed by atoms with Crippen LogP contribution in [0.3, 0.4) is 0 Å². The number of rotatable bonds is 10. The number of benzene rings is 3. The van der Waals surface area contributed by atoms with Crippen molar-refractivity contribution in [2.75, 3.05) is 18.5 Å². The molecule has 0 saturated heterocycles. The maximum atomic E-state index is 12.9. The summed E-state index contributed by atoms with van der Waals surface area (Å²) < 4.78 is 33.6. The highest BCUT2D eigenvalue weighted by Gasteiger charge is 2.16. The average molecular weight is 517 g/mol. The summed E-state index contributed by atoms with van der Waals surface area (Å²) in [5.74, 6) is 0.130. The SMILES string of the molecule is CCCNS(=O)(=O)c1ccc(NC(=O)c2cc(Br)ccc2OCCc2ccccc2)cc1. The van der Waals surface area contributed by atoms with Crippen LogP contribution in [0.25, 0.3) is 0 Å². The normalized spacial score (nSPS) is 11.2. The molecular formula is C24H25BrN2O4S. The Bertz CT molecular complexity index is 1150. The van der Waals surface area contributed by atoms with Crippen molar-refractivity contribution in [1.82, 2.24) is 4.72 Å². The molecule has 1 amide bonds. The summed E-state index contributed by atoms with van der Waals surface area (Å²) in [6.07, 6.45) is 1.43. The van der Waals surface area contributed by atoms with E-state index in [2.05, 4.69) is 26.0 Å². The van der Waals surface area contributed by atoms with Gasteiger partial charge in [-0.25, -0.2) is 13.1 Å². The van der Waals surface area contributed by atoms with E-state index < -0.39 is 10.0 Å². The number of nitrogens with one attached hydrogen (secondary N) is 2. The van der Waals surface area contributed by atoms with E-state index in [-0.39, 0.29) is 10.8 Å². The number of carbonyl (C=O) groups excluding carboxylic acids is 1. The number of carbonyl (C=O) groups is 1. The maximum absolute atomic E-state index is 12.9. The van der Waals surface area contributed by atoms with E-state index in [0.717, 1.165) is 16.5 Å². The quantitative estimate of drug-likeness (QED) is 0.396. The first kappa shape index (κ1) is 24.0. The summed E-state index contributed by atoms with van der Waals surface area (Å²) in [6.45, 7) is 2.70. The summed E-state index contributed by atoms with van der Waals surface area (Å²) in [5.41, 5.74) is 2.02. The minimum absolute atomic E-state index is 0.149. The van der Waals surface area contributed by atoms with E-state index >= 15 is 0 Å². The Hall–Kier alpha value is -2.68. The fourth-order valence-electron chi connectivity index (χ4n) is 2.96. The molecule has 0 aliphatic rings. The molecule has 0 spiro atoms. The summed E-state index contributed by atoms with van der Waals surface area (Å²) in [4.78, 5) is 13.1. The van der Waals surface area contributed by atoms with Gasteiger partial charge >= 0.3 is 0 Å². The lowest BCUT2D eigenvalue weighted by atomic mass is 10.1. The molecule has 0 fully saturated rings. The second-order valence-corrected chi connectivity index (χ2v) is 9.78. The van der Waals surface area contributed by atoms with Gasteiger partial charge in [-0.1, -0.05) is 53.2 Å². The monoisotopic (exact) mass is 516 g/mol. The van der Waals surface area contributed by atoms with Crippen LogP contribution in [0.1, 0.15) is 29.3 Å². The van der Waals surface area contributed by atoms with Crippen LogP contribution in [-0.2, 0) is 16.4 Å². The molecule has 0 bridgehead atoms. The minimum Gasteiger partial charge on any atom is -0.492 e. The van der Waals surface area contributed by atoms with Crippen LogP contribution in [0.5, 0.6) is 5.75 Å². The molecule has 0 aliphatic carbocycles. The lowest BCUT2D eigenvalue weighted by Crippen LogP contribution is -2.24. The summed E-state index contributed by atoms with van der Waals surface area (Å²) in [5, 5.41) is 2.80. The Morgan fingerprint density at radius 2 is 1.72 bits per heavy atom. The predicted molar refractivity (Wildman–Crippen MR) is 130 cm³/mol. The van der Waals surface area contributed by atoms with E-state index in [1.54, 1.807) is 24.3 Å². The molecule has 0 aliphatic heterocycles. The van der Waals surface area contributed by atoms with Crippen molar-refractivity contribution in [3.05, 3.63) is 88.4 Å². The molecule has 168 valence electrons. The van der Waals surface area contributed by atoms with Crippen LogP contribution in [0.4, 0.5) is 5.69 Å². The van der Waals surface area contributed by atoms with Gasteiger partial charge in [-0.3, -0.25) is 4.79 Å². The zero-order chi connectivity index (χ0) is 23.0. The molecule has 0 aromatic heterocycles. The van der Waals surface area contributed by atoms with Gasteiger partial charge in [0.2, 0.25) is 10.0 Å². The molecule has 6 nitrogen and oxygen atoms in total. The highest BCUT2D eigenvalue weighted by atomic mass is 79.9. The van der Waals surface area contributed by atoms with E-state index in [4.69, 9.17) is 4.74 Å². The average Bonchev–Trinajstić information content (AvgIpc) is 2.79. The van der Waals surface area contributed by atoms with Gasteiger partial charge in [0.25, 0.3) is 5.91 Å². The molecule has 2 N–H and O–H groups in total. The Balaban J connectivity index is 1.68. The van der Waals surface area contributed by atoms with Gasteiger partial charge in [-0.2, -0.15) is 0 Å². The molecule has 0 heterocycles. The maximum Gasteiger partial charge on any atom is 0.259 e. The lowest BCUT2D eigenvalue weighted by molar-refractivity contribution is 0.102. The molecular weight excluding hydrogens is 492 g/mol. The number of hydrogen-bond donors (Lipinski definition) is 2. The first-order valence-electron chi connectivity index (χ1n) is 10.3. The van der Waals surface area contributed by atoms with Gasteiger partial charge in [0, 0.05) is 23.1 Å². The molecule has 3 aromatic rings. The van der Waals surface area contributed by atoms with Crippen molar-refractivity contribution < 1.29 is 17.9 Å². The van der Waals surface area contributed by atoms with E-state index in [9.17, 15) is 13.2 Å². The summed E-state index contributed by atoms with van der Waals surface area (Å²) >= 11 is 3.40. The number of anilines is 1. The molecule has 0 atom stereocenters. The highest BCUT2D eigenvalue weighted by molar-refractivity contribution is 9.10. The van der Waals surface area contributed by atoms with Crippen molar-refractivity contribution in [3.8, 4) is 5.75 Å². The third kappa shape index (κ3) is 6.66. The van der Waals surface area contributed by atoms with Crippen LogP contribution < -0.4 is 14.8 Å². The number of ether oxygens (including phenoxy) is 1. The standard InChI is InChI=1S/C24H25BrN2O4S/c1-2-15-26-32(29,30)21-11-9-20(10-12-21)27-24(28)22-17-19(25)8-13-23(22)31-16-14-18-6-4-3-5-7-18/h3-13,17,26H,2,14-16H2,1H3,(H,27,28). The Morgan fingerprint density at radius 1 is 1.00 bits per heavy atom. The van der Waals surface area contributed by atoms with Crippen LogP contribution >= 0.6 is 15.9 Å². The molecule has 32 heavy (non-hydrogen) atoms. The third-order valence-electron chi connectivity index (χ3n) is 4.64. The summed E-state index contributed by atoms with van der Waals surface area (Å²) in [6, 6.07) is 21.3. The fourth-order valence-corrected chi connectivity index (χ4v) is 4.46. The number of sulfonamides is 1. The minimum atomic E-state index is -3.55. The largest absolute Gasteiger partial charge is 0.492 e. The van der Waals surface area contributed by atoms with E-state index in [1.807, 2.05) is 43.3 Å². The predicted octanol–water partition coefficient (Wildman–Crippen LogP) is 5.01. The van der Waals surface area contributed by atoms with Crippen molar-refractivity contribution in [3.63, 3.8) is 0 Å². The molecule has 0 unspecified atom stereocenters. The zero-order valence-electron chi connectivity index (χ0n) is 17.7. The van der Waals surface area contributed by atoms with Gasteiger partial charge in [0.15, 0.2) is 0 Å². The van der Waals surface area contributed by atoms with Crippen LogP contribution in [-0.4, -0.2) is 27.5 Å². The van der Waals surface area contributed by atoms with Gasteiger partial charge in [0.05, 0.1) is 17.1 Å². The van der Waals surface area contributed by atoms with Crippen LogP contribution in [0.15, 0.2) is 82.2 Å². The van der Waals surface area contributed by atoms with Crippen molar-refractivity contribution >= 4 is 37.5 Å². The molecule has 0 radical (unpaired) electrons. The van der Waals surface area contributed by atoms with Crippen LogP contribution in [0, 0.1) is 0 Å². The smallest absolute Gasteiger partial charge is 0.259 e. The van der Waals surface area contributed by atoms with Gasteiger partial charge in [-0.15, -0.1) is 0 Å². The molecule has 8 heteroatoms. The summed E-state index contributed by atoms with van der Waals surface area (Å²) in [7, 11) is -3.55. The second kappa shape index (κ2) is 11.3. The van der Waals surface area contributed by atoms with Gasteiger partial charge in [0.1, 0.15) is 5.75 Å². The first-order chi connectivity index (χ1) is 15.4. The van der Waals surface area contributed by atoms with Gasteiger partial charge in [-0.05, 0) is 54.4 Å². The molecule has 0 saturated carbocycles. The first-order valence-corrected chi connectivity index (χ1v) is 12.5. The lowest BCUT2D eigenvalue weighted by Gasteiger charge is -2.13. The van der Waals surface area contributed by atoms with Crippen molar-refractivity contribution in [2.24, 2.45) is 0 Å². The topological polar surface area (TPSA) is 84.5 Å². The van der Waals surface area contributed by atoms with E-state index in [1.165, 1.54) is 12.1 Å². The second-order valence-electron chi connectivity index (χ2n) is 7.10. The molecule has 3 rings (SSSR count). The van der Waals surface area contributed by atoms with Gasteiger partial charge < -0.3 is 10.1 Å². The number of hydrogen-bond acceptors (Lipinski definition) is 4. The zero-order valence-corrected chi connectivity index (χ0v) is 20.1. The Kier molecular flexibility index (Phi) is 8.44. The van der Waals surface area contributed by atoms with Crippen molar-refractivity contribution in [2.45, 2.75) is 24.7 Å². The van der Waals surface area contributed by atoms with E-state index in [0.29, 0.717) is 36.6 Å². The fraction of sp³-hybridized carbons (Fsp3) is 0.208. The number of amides is 1. The Morgan fingerprint density at radius 3 is 2.41 bits per heavy atom. The highest BCUT2D eigenvalue weighted by Crippen LogP contribution is 2.25. The third-order valence-corrected chi connectivity index (χ3v) is 6.61. The Labute approximate surface area is 197 Å². The number of halogens is 1. The molecule has 3 aromatic carbocycles. The van der Waals surface area contributed by atoms with Crippen LogP contribution in [0.2, 0.25) is 0 Å².